The molecule has 0 fully saturated rings. The summed E-state index contributed by atoms with van der Waals surface area (Å²) in [5, 5.41) is 18.9. The summed E-state index contributed by atoms with van der Waals surface area (Å²) in [7, 11) is 0. The molecule has 164 valence electrons. The highest BCUT2D eigenvalue weighted by Crippen LogP contribution is 2.30. The first-order valence-corrected chi connectivity index (χ1v) is 10.6. The number of aromatic amines is 1. The van der Waals surface area contributed by atoms with Gasteiger partial charge in [0, 0.05) is 11.0 Å². The zero-order valence-corrected chi connectivity index (χ0v) is 18.8. The summed E-state index contributed by atoms with van der Waals surface area (Å²) in [6, 6.07) is 16.2. The lowest BCUT2D eigenvalue weighted by Crippen LogP contribution is -2.28. The number of tetrazole rings is 1. The van der Waals surface area contributed by atoms with Crippen molar-refractivity contribution in [2.75, 3.05) is 0 Å². The highest BCUT2D eigenvalue weighted by atomic mass is 16.2. The SMILES string of the molecule is CC=CCn1nc(C(C)(C)C)n(Cc2ccc(-c3ccccc3-c3nnn[nH]3)cc2)c1=O. The van der Waals surface area contributed by atoms with E-state index in [0.29, 0.717) is 18.9 Å². The third-order valence-corrected chi connectivity index (χ3v) is 5.24. The Labute approximate surface area is 186 Å². The standard InChI is InChI=1S/C24H27N7O/c1-5-6-15-31-23(32)30(22(27-31)24(2,3)4)16-17-11-13-18(14-12-17)19-9-7-8-10-20(19)21-25-28-29-26-21/h5-14H,15-16H2,1-4H3,(H,25,26,28,29). The lowest BCUT2D eigenvalue weighted by atomic mass is 9.95. The quantitative estimate of drug-likeness (QED) is 0.470. The molecule has 0 saturated heterocycles. The maximum Gasteiger partial charge on any atom is 0.346 e. The number of nitrogens with zero attached hydrogens (tertiary/aromatic N) is 6. The van der Waals surface area contributed by atoms with Gasteiger partial charge in [0.1, 0.15) is 5.82 Å². The van der Waals surface area contributed by atoms with E-state index in [1.807, 2.05) is 55.5 Å². The van der Waals surface area contributed by atoms with E-state index in [9.17, 15) is 4.79 Å². The Morgan fingerprint density at radius 2 is 1.75 bits per heavy atom. The number of allylic oxidation sites excluding steroid dienone is 2. The van der Waals surface area contributed by atoms with Gasteiger partial charge in [0.25, 0.3) is 0 Å². The van der Waals surface area contributed by atoms with Gasteiger partial charge in [-0.05, 0) is 34.0 Å². The van der Waals surface area contributed by atoms with Crippen molar-refractivity contribution in [3.8, 4) is 22.5 Å². The molecule has 8 heteroatoms. The van der Waals surface area contributed by atoms with Crippen molar-refractivity contribution in [2.45, 2.75) is 46.2 Å². The third-order valence-electron chi connectivity index (χ3n) is 5.24. The van der Waals surface area contributed by atoms with Gasteiger partial charge in [-0.2, -0.15) is 5.10 Å². The van der Waals surface area contributed by atoms with Gasteiger partial charge < -0.3 is 0 Å². The van der Waals surface area contributed by atoms with Crippen LogP contribution in [-0.4, -0.2) is 35.0 Å². The van der Waals surface area contributed by atoms with Gasteiger partial charge in [-0.3, -0.25) is 4.57 Å². The molecule has 0 aliphatic heterocycles. The molecule has 0 unspecified atom stereocenters. The number of aromatic nitrogens is 7. The van der Waals surface area contributed by atoms with Crippen molar-refractivity contribution in [1.82, 2.24) is 35.0 Å². The molecule has 0 aliphatic rings. The number of hydrogen-bond acceptors (Lipinski definition) is 5. The second-order valence-corrected chi connectivity index (χ2v) is 8.69. The minimum absolute atomic E-state index is 0.0970. The Morgan fingerprint density at radius 3 is 2.38 bits per heavy atom. The molecule has 32 heavy (non-hydrogen) atoms. The molecule has 0 atom stereocenters. The molecular formula is C24H27N7O. The van der Waals surface area contributed by atoms with Crippen molar-refractivity contribution in [3.05, 3.63) is 82.6 Å². The van der Waals surface area contributed by atoms with Crippen molar-refractivity contribution in [1.29, 1.82) is 0 Å². The van der Waals surface area contributed by atoms with Crippen LogP contribution in [0.2, 0.25) is 0 Å². The average molecular weight is 430 g/mol. The van der Waals surface area contributed by atoms with E-state index in [4.69, 9.17) is 0 Å². The first kappa shape index (κ1) is 21.4. The van der Waals surface area contributed by atoms with Crippen molar-refractivity contribution >= 4 is 0 Å². The van der Waals surface area contributed by atoms with Crippen molar-refractivity contribution in [2.24, 2.45) is 0 Å². The van der Waals surface area contributed by atoms with Crippen LogP contribution in [0.25, 0.3) is 22.5 Å². The molecule has 0 saturated carbocycles. The van der Waals surface area contributed by atoms with Crippen LogP contribution in [0.3, 0.4) is 0 Å². The fourth-order valence-electron chi connectivity index (χ4n) is 3.65. The van der Waals surface area contributed by atoms with Gasteiger partial charge in [-0.1, -0.05) is 81.5 Å². The smallest absolute Gasteiger partial charge is 0.274 e. The molecule has 4 aromatic rings. The Hall–Kier alpha value is -3.81. The number of hydrogen-bond donors (Lipinski definition) is 1. The van der Waals surface area contributed by atoms with E-state index in [-0.39, 0.29) is 11.1 Å². The van der Waals surface area contributed by atoms with Crippen LogP contribution in [0.1, 0.15) is 39.1 Å². The first-order valence-electron chi connectivity index (χ1n) is 10.6. The zero-order valence-electron chi connectivity index (χ0n) is 18.8. The second kappa shape index (κ2) is 8.74. The molecule has 2 heterocycles. The summed E-state index contributed by atoms with van der Waals surface area (Å²) in [4.78, 5) is 13.0. The molecule has 2 aromatic carbocycles. The predicted molar refractivity (Wildman–Crippen MR) is 124 cm³/mol. The number of rotatable bonds is 6. The average Bonchev–Trinajstić information content (AvgIpc) is 3.42. The van der Waals surface area contributed by atoms with Crippen LogP contribution in [0.15, 0.2) is 65.5 Å². The monoisotopic (exact) mass is 429 g/mol. The van der Waals surface area contributed by atoms with Gasteiger partial charge in [0.2, 0.25) is 0 Å². The highest BCUT2D eigenvalue weighted by Gasteiger charge is 2.24. The molecule has 0 bridgehead atoms. The molecule has 1 N–H and O–H groups in total. The summed E-state index contributed by atoms with van der Waals surface area (Å²) in [5.74, 6) is 1.40. The highest BCUT2D eigenvalue weighted by molar-refractivity contribution is 5.80. The molecule has 0 radical (unpaired) electrons. The predicted octanol–water partition coefficient (Wildman–Crippen LogP) is 3.81. The molecular weight excluding hydrogens is 402 g/mol. The zero-order chi connectivity index (χ0) is 22.7. The van der Waals surface area contributed by atoms with Gasteiger partial charge in [-0.25, -0.2) is 14.6 Å². The maximum atomic E-state index is 13.0. The minimum atomic E-state index is -0.246. The largest absolute Gasteiger partial charge is 0.346 e. The Balaban J connectivity index is 1.66. The van der Waals surface area contributed by atoms with Gasteiger partial charge in [0.05, 0.1) is 13.1 Å². The van der Waals surface area contributed by atoms with Gasteiger partial charge in [0.15, 0.2) is 5.82 Å². The van der Waals surface area contributed by atoms with Crippen LogP contribution in [0, 0.1) is 0 Å². The van der Waals surface area contributed by atoms with Crippen LogP contribution in [0.4, 0.5) is 0 Å². The summed E-state index contributed by atoms with van der Waals surface area (Å²) in [6.45, 7) is 9.09. The van der Waals surface area contributed by atoms with Crippen molar-refractivity contribution in [3.63, 3.8) is 0 Å². The normalized spacial score (nSPS) is 12.0. The van der Waals surface area contributed by atoms with Gasteiger partial charge in [-0.15, -0.1) is 5.10 Å². The number of nitrogens with one attached hydrogen (secondary N) is 1. The van der Waals surface area contributed by atoms with Gasteiger partial charge >= 0.3 is 5.69 Å². The maximum absolute atomic E-state index is 13.0. The summed E-state index contributed by atoms with van der Waals surface area (Å²) in [6.07, 6.45) is 3.86. The summed E-state index contributed by atoms with van der Waals surface area (Å²) >= 11 is 0. The lowest BCUT2D eigenvalue weighted by molar-refractivity contribution is 0.503. The first-order chi connectivity index (χ1) is 15.4. The third kappa shape index (κ3) is 4.30. The Bertz CT molecular complexity index is 1270. The van der Waals surface area contributed by atoms with E-state index < -0.39 is 0 Å². The molecule has 8 nitrogen and oxygen atoms in total. The van der Waals surface area contributed by atoms with E-state index in [2.05, 4.69) is 58.6 Å². The molecule has 0 aliphatic carbocycles. The van der Waals surface area contributed by atoms with E-state index in [1.54, 1.807) is 4.57 Å². The van der Waals surface area contributed by atoms with Crippen LogP contribution >= 0.6 is 0 Å². The van der Waals surface area contributed by atoms with Crippen molar-refractivity contribution < 1.29 is 0 Å². The fourth-order valence-corrected chi connectivity index (χ4v) is 3.65. The lowest BCUT2D eigenvalue weighted by Gasteiger charge is -2.18. The van der Waals surface area contributed by atoms with Crippen LogP contribution in [0.5, 0.6) is 0 Å². The van der Waals surface area contributed by atoms with E-state index in [0.717, 1.165) is 28.1 Å². The molecule has 0 spiro atoms. The van der Waals surface area contributed by atoms with E-state index >= 15 is 0 Å². The fraction of sp³-hybridized carbons (Fsp3) is 0.292. The molecule has 2 aromatic heterocycles. The van der Waals surface area contributed by atoms with Crippen LogP contribution in [-0.2, 0) is 18.5 Å². The second-order valence-electron chi connectivity index (χ2n) is 8.69. The summed E-state index contributed by atoms with van der Waals surface area (Å²) < 4.78 is 3.29. The van der Waals surface area contributed by atoms with E-state index in [1.165, 1.54) is 4.68 Å². The Morgan fingerprint density at radius 1 is 1.03 bits per heavy atom. The number of H-pyrrole nitrogens is 1. The number of benzene rings is 2. The Kier molecular flexibility index (Phi) is 5.85. The summed E-state index contributed by atoms with van der Waals surface area (Å²) in [5.41, 5.74) is 3.70. The minimum Gasteiger partial charge on any atom is -0.274 e. The molecule has 4 rings (SSSR count). The topological polar surface area (TPSA) is 94.3 Å². The van der Waals surface area contributed by atoms with Crippen LogP contribution < -0.4 is 5.69 Å². The molecule has 0 amide bonds.